The van der Waals surface area contributed by atoms with Gasteiger partial charge in [-0.3, -0.25) is 4.84 Å². The predicted octanol–water partition coefficient (Wildman–Crippen LogP) is 4.69. The molecule has 0 N–H and O–H groups in total. The second kappa shape index (κ2) is 13.6. The molecular weight excluding hydrogens is 306 g/mol. The number of hydrogen-bond acceptors (Lipinski definition) is 5. The number of unbranched alkanes of at least 4 members (excludes halogenated alkanes) is 2. The van der Waals surface area contributed by atoms with Crippen LogP contribution in [-0.4, -0.2) is 35.2 Å². The normalized spacial score (nSPS) is 14.3. The number of halogens is 2. The summed E-state index contributed by atoms with van der Waals surface area (Å²) in [5, 5.41) is -0.0345. The van der Waals surface area contributed by atoms with Crippen LogP contribution in [0.2, 0.25) is 0 Å². The van der Waals surface area contributed by atoms with Gasteiger partial charge in [0.2, 0.25) is 0 Å². The van der Waals surface area contributed by atoms with Crippen LogP contribution in [0.15, 0.2) is 0 Å². The highest BCUT2D eigenvalue weighted by atomic mass is 19.2. The maximum absolute atomic E-state index is 14.4. The van der Waals surface area contributed by atoms with E-state index in [0.717, 1.165) is 32.1 Å². The van der Waals surface area contributed by atoms with E-state index in [1.807, 2.05) is 13.8 Å². The first-order valence-electron chi connectivity index (χ1n) is 8.76. The molecule has 23 heavy (non-hydrogen) atoms. The number of nitrogens with zero attached hydrogens (tertiary/aromatic N) is 2. The lowest BCUT2D eigenvalue weighted by atomic mass is 10.1. The molecule has 0 aromatic carbocycles. The number of hydroxylamine groups is 2. The van der Waals surface area contributed by atoms with Crippen molar-refractivity contribution in [3.05, 3.63) is 0 Å². The van der Waals surface area contributed by atoms with E-state index in [2.05, 4.69) is 11.8 Å². The second-order valence-corrected chi connectivity index (χ2v) is 5.63. The summed E-state index contributed by atoms with van der Waals surface area (Å²) in [5.74, 6) is -0.976. The van der Waals surface area contributed by atoms with Gasteiger partial charge >= 0.3 is 5.97 Å². The fraction of sp³-hybridized carbons (Fsp3) is 0.938. The van der Waals surface area contributed by atoms with Crippen molar-refractivity contribution in [2.45, 2.75) is 91.2 Å². The Hall–Kier alpha value is -0.790. The van der Waals surface area contributed by atoms with Crippen molar-refractivity contribution in [3.8, 4) is 0 Å². The van der Waals surface area contributed by atoms with Crippen molar-refractivity contribution in [2.75, 3.05) is 6.54 Å². The lowest BCUT2D eigenvalue weighted by Crippen LogP contribution is -2.41. The topological polar surface area (TPSA) is 42.0 Å². The molecule has 0 bridgehead atoms. The van der Waals surface area contributed by atoms with E-state index >= 15 is 0 Å². The third-order valence-corrected chi connectivity index (χ3v) is 3.53. The highest BCUT2D eigenvalue weighted by Crippen LogP contribution is 2.19. The Bertz CT molecular complexity index is 309. The zero-order valence-electron chi connectivity index (χ0n) is 14.9. The van der Waals surface area contributed by atoms with E-state index < -0.39 is 12.0 Å². The van der Waals surface area contributed by atoms with Crippen molar-refractivity contribution in [3.63, 3.8) is 0 Å². The van der Waals surface area contributed by atoms with Gasteiger partial charge in [0.1, 0.15) is 0 Å². The van der Waals surface area contributed by atoms with Gasteiger partial charge in [-0.15, -0.1) is 4.48 Å². The maximum Gasteiger partial charge on any atom is 0.350 e. The third-order valence-electron chi connectivity index (χ3n) is 3.53. The van der Waals surface area contributed by atoms with Crippen LogP contribution in [0.1, 0.15) is 79.1 Å². The van der Waals surface area contributed by atoms with E-state index in [1.54, 1.807) is 0 Å². The molecule has 0 spiro atoms. The van der Waals surface area contributed by atoms with E-state index in [1.165, 1.54) is 6.92 Å². The Morgan fingerprint density at radius 2 is 1.57 bits per heavy atom. The molecule has 0 fully saturated rings. The summed E-state index contributed by atoms with van der Waals surface area (Å²) in [5.41, 5.74) is 0. The van der Waals surface area contributed by atoms with Crippen LogP contribution >= 0.6 is 0 Å². The SMILES string of the molecule is CCCCC(CCC)ON(F)C(CCCC)C(=O)ON(F)CC. The first-order chi connectivity index (χ1) is 11.0. The molecule has 0 saturated carbocycles. The molecule has 0 amide bonds. The Kier molecular flexibility index (Phi) is 13.2. The van der Waals surface area contributed by atoms with Crippen LogP contribution < -0.4 is 0 Å². The summed E-state index contributed by atoms with van der Waals surface area (Å²) in [7, 11) is 0. The van der Waals surface area contributed by atoms with Crippen LogP contribution in [0.5, 0.6) is 0 Å². The van der Waals surface area contributed by atoms with Crippen molar-refractivity contribution in [1.82, 2.24) is 10.6 Å². The summed E-state index contributed by atoms with van der Waals surface area (Å²) in [4.78, 5) is 21.7. The van der Waals surface area contributed by atoms with Crippen LogP contribution in [0, 0.1) is 0 Å². The van der Waals surface area contributed by atoms with Crippen molar-refractivity contribution in [2.24, 2.45) is 0 Å². The van der Waals surface area contributed by atoms with Crippen LogP contribution in [0.4, 0.5) is 8.96 Å². The number of hydrogen-bond donors (Lipinski definition) is 0. The second-order valence-electron chi connectivity index (χ2n) is 5.63. The summed E-state index contributed by atoms with van der Waals surface area (Å²) >= 11 is 0. The standard InChI is InChI=1S/C16H32F2N2O3/c1-5-9-12-14(11-7-3)22-20(18)15(13-10-6-2)16(21)23-19(17)8-4/h14-15H,5-13H2,1-4H3. The molecule has 5 nitrogen and oxygen atoms in total. The molecule has 0 aromatic heterocycles. The van der Waals surface area contributed by atoms with Crippen molar-refractivity contribution < 1.29 is 23.4 Å². The average molecular weight is 338 g/mol. The summed E-state index contributed by atoms with van der Waals surface area (Å²) < 4.78 is 27.5. The number of carbonyl (C=O) groups is 1. The minimum Gasteiger partial charge on any atom is -0.336 e. The molecule has 0 aliphatic heterocycles. The first-order valence-corrected chi connectivity index (χ1v) is 8.76. The van der Waals surface area contributed by atoms with Gasteiger partial charge in [-0.2, -0.15) is 0 Å². The van der Waals surface area contributed by atoms with Crippen molar-refractivity contribution in [1.29, 1.82) is 0 Å². The molecule has 0 aliphatic carbocycles. The lowest BCUT2D eigenvalue weighted by molar-refractivity contribution is -0.337. The Balaban J connectivity index is 4.74. The molecule has 0 rings (SSSR count). The number of rotatable bonds is 14. The van der Waals surface area contributed by atoms with Gasteiger partial charge in [0, 0.05) is 5.29 Å². The van der Waals surface area contributed by atoms with Gasteiger partial charge in [-0.25, -0.2) is 4.79 Å². The largest absolute Gasteiger partial charge is 0.350 e. The van der Waals surface area contributed by atoms with E-state index in [9.17, 15) is 13.8 Å². The predicted molar refractivity (Wildman–Crippen MR) is 85.1 cm³/mol. The summed E-state index contributed by atoms with van der Waals surface area (Å²) in [6, 6.07) is -1.25. The van der Waals surface area contributed by atoms with E-state index in [-0.39, 0.29) is 29.6 Å². The Morgan fingerprint density at radius 1 is 0.957 bits per heavy atom. The Morgan fingerprint density at radius 3 is 2.09 bits per heavy atom. The van der Waals surface area contributed by atoms with Gasteiger partial charge in [-0.1, -0.05) is 57.4 Å². The minimum absolute atomic E-state index is 0.0669. The van der Waals surface area contributed by atoms with Crippen LogP contribution in [0.3, 0.4) is 0 Å². The van der Waals surface area contributed by atoms with Gasteiger partial charge in [-0.05, 0) is 31.5 Å². The molecule has 7 heteroatoms. The Labute approximate surface area is 138 Å². The molecule has 0 aliphatic rings. The monoisotopic (exact) mass is 338 g/mol. The summed E-state index contributed by atoms with van der Waals surface area (Å²) in [6.45, 7) is 7.35. The van der Waals surface area contributed by atoms with Gasteiger partial charge in [0.15, 0.2) is 6.04 Å². The van der Waals surface area contributed by atoms with Crippen LogP contribution in [0.25, 0.3) is 0 Å². The van der Waals surface area contributed by atoms with Gasteiger partial charge < -0.3 is 4.84 Å². The van der Waals surface area contributed by atoms with E-state index in [0.29, 0.717) is 12.8 Å². The number of carbonyl (C=O) groups excluding carboxylic acids is 1. The molecule has 0 saturated heterocycles. The van der Waals surface area contributed by atoms with Gasteiger partial charge in [0.05, 0.1) is 12.6 Å². The molecule has 0 aromatic rings. The van der Waals surface area contributed by atoms with Gasteiger partial charge in [0.25, 0.3) is 0 Å². The minimum atomic E-state index is -1.25. The molecular formula is C16H32F2N2O3. The molecule has 2 unspecified atom stereocenters. The first kappa shape index (κ1) is 22.2. The third kappa shape index (κ3) is 9.84. The van der Waals surface area contributed by atoms with E-state index in [4.69, 9.17) is 4.84 Å². The highest BCUT2D eigenvalue weighted by molar-refractivity contribution is 5.75. The quantitative estimate of drug-likeness (QED) is 0.340. The average Bonchev–Trinajstić information content (AvgIpc) is 2.52. The van der Waals surface area contributed by atoms with Crippen LogP contribution in [-0.2, 0) is 14.5 Å². The lowest BCUT2D eigenvalue weighted by Gasteiger charge is -2.26. The van der Waals surface area contributed by atoms with Crippen molar-refractivity contribution >= 4 is 5.97 Å². The smallest absolute Gasteiger partial charge is 0.336 e. The molecule has 0 heterocycles. The molecule has 2 atom stereocenters. The fourth-order valence-corrected chi connectivity index (χ4v) is 2.14. The summed E-state index contributed by atoms with van der Waals surface area (Å²) in [6.07, 6.45) is 5.56. The zero-order chi connectivity index (χ0) is 17.7. The molecule has 0 radical (unpaired) electrons. The fourth-order valence-electron chi connectivity index (χ4n) is 2.14. The molecule has 138 valence electrons. The maximum atomic E-state index is 14.4. The highest BCUT2D eigenvalue weighted by Gasteiger charge is 2.32. The zero-order valence-corrected chi connectivity index (χ0v) is 14.9.